The molecule has 0 amide bonds. The minimum absolute atomic E-state index is 0.0296. The molecule has 0 radical (unpaired) electrons. The normalized spacial score (nSPS) is 20.1. The Kier molecular flexibility index (Phi) is 31.6. The predicted octanol–water partition coefficient (Wildman–Crippen LogP) is 7.92. The van der Waals surface area contributed by atoms with Crippen molar-refractivity contribution in [1.82, 2.24) is 0 Å². The van der Waals surface area contributed by atoms with Crippen LogP contribution in [0, 0.1) is 11.8 Å². The molecular formula is C44H75O13P. The van der Waals surface area contributed by atoms with Gasteiger partial charge in [0.1, 0.15) is 18.5 Å². The molecule has 58 heavy (non-hydrogen) atoms. The van der Waals surface area contributed by atoms with Crippen molar-refractivity contribution in [3.63, 3.8) is 0 Å². The van der Waals surface area contributed by atoms with Gasteiger partial charge in [0.05, 0.1) is 32.0 Å². The summed E-state index contributed by atoms with van der Waals surface area (Å²) in [7, 11) is -4.68. The molecule has 1 fully saturated rings. The summed E-state index contributed by atoms with van der Waals surface area (Å²) < 4.78 is 32.7. The number of hydrogen-bond acceptors (Lipinski definition) is 12. The number of allylic oxidation sites excluding steroid dienone is 6. The average Bonchev–Trinajstić information content (AvgIpc) is 3.47. The zero-order valence-corrected chi connectivity index (χ0v) is 36.1. The van der Waals surface area contributed by atoms with Crippen LogP contribution in [0.15, 0.2) is 48.6 Å². The zero-order chi connectivity index (χ0) is 42.9. The first kappa shape index (κ1) is 53.5. The predicted molar refractivity (Wildman–Crippen MR) is 225 cm³/mol. The molecule has 0 aliphatic heterocycles. The molecule has 13 nitrogen and oxygen atoms in total. The number of rotatable bonds is 36. The minimum atomic E-state index is -4.68. The molecule has 334 valence electrons. The molecule has 0 aromatic rings. The van der Waals surface area contributed by atoms with Gasteiger partial charge in [-0.05, 0) is 57.8 Å². The number of carbonyl (C=O) groups is 3. The summed E-state index contributed by atoms with van der Waals surface area (Å²) in [6.45, 7) is 1.86. The minimum Gasteiger partial charge on any atom is -0.462 e. The van der Waals surface area contributed by atoms with Gasteiger partial charge in [0.25, 0.3) is 0 Å². The van der Waals surface area contributed by atoms with Gasteiger partial charge in [-0.15, -0.1) is 0 Å². The fourth-order valence-corrected chi connectivity index (χ4v) is 7.28. The second-order valence-electron chi connectivity index (χ2n) is 15.1. The number of phosphoric ester groups is 1. The van der Waals surface area contributed by atoms with Gasteiger partial charge in [-0.1, -0.05) is 120 Å². The van der Waals surface area contributed by atoms with Crippen molar-refractivity contribution in [2.24, 2.45) is 11.8 Å². The Hall–Kier alpha value is -2.48. The van der Waals surface area contributed by atoms with E-state index in [1.807, 2.05) is 0 Å². The Morgan fingerprint density at radius 2 is 1.41 bits per heavy atom. The second kappa shape index (κ2) is 34.3. The molecule has 14 heteroatoms. The van der Waals surface area contributed by atoms with Gasteiger partial charge in [-0.3, -0.25) is 23.4 Å². The van der Waals surface area contributed by atoms with Crippen LogP contribution in [0.1, 0.15) is 149 Å². The number of Topliss-reactive ketones (excluding diaryl/α,β-unsaturated/α-hetero) is 1. The number of ketones is 1. The first-order valence-electron chi connectivity index (χ1n) is 21.7. The SMILES string of the molecule is CC/C=C\C/C=C\C/C=C\CCCCCCCC(=O)O[C@H](COC(=O)CCCCCC[C@H]1C(=O)C[C@@H](O)[C@@H]1/C=C/[C@@H](O)CCCCC)COP(=O)(O)OC[C@@H](O)CO. The van der Waals surface area contributed by atoms with E-state index in [1.54, 1.807) is 12.2 Å². The lowest BCUT2D eigenvalue weighted by Gasteiger charge is -2.20. The summed E-state index contributed by atoms with van der Waals surface area (Å²) in [5, 5.41) is 39.1. The molecule has 1 aliphatic carbocycles. The maximum atomic E-state index is 12.6. The molecule has 1 aliphatic rings. The van der Waals surface area contributed by atoms with Crippen molar-refractivity contribution in [1.29, 1.82) is 0 Å². The van der Waals surface area contributed by atoms with Crippen LogP contribution in [0.2, 0.25) is 0 Å². The summed E-state index contributed by atoms with van der Waals surface area (Å²) in [5.74, 6) is -1.69. The summed E-state index contributed by atoms with van der Waals surface area (Å²) in [4.78, 5) is 47.7. The molecule has 0 aromatic carbocycles. The third-order valence-corrected chi connectivity index (χ3v) is 10.8. The Bertz CT molecular complexity index is 1270. The lowest BCUT2D eigenvalue weighted by Crippen LogP contribution is -2.29. The summed E-state index contributed by atoms with van der Waals surface area (Å²) in [6, 6.07) is 0. The second-order valence-corrected chi connectivity index (χ2v) is 16.6. The standard InChI is InChI=1S/C44H75O13P/c1-3-5-7-8-9-10-11-12-13-14-15-16-17-18-24-28-44(51)57-38(35-56-58(52,53)55-33-37(47)32-45)34-54-43(50)27-23-20-19-22-26-39-40(42(49)31-41(39)48)30-29-36(46)25-21-6-4-2/h5,7,9-10,12-13,29-30,36-40,42,45-47,49H,3-4,6,8,11,14-28,31-35H2,1-2H3,(H,52,53)/b7-5-,10-9-,13-12-,30-29+/t36-,37-,38+,39+,40+,42+/m0/s1. The maximum absolute atomic E-state index is 12.6. The lowest BCUT2D eigenvalue weighted by atomic mass is 9.88. The highest BCUT2D eigenvalue weighted by molar-refractivity contribution is 7.47. The van der Waals surface area contributed by atoms with Gasteiger partial charge in [-0.2, -0.15) is 0 Å². The van der Waals surface area contributed by atoms with E-state index in [-0.39, 0.29) is 36.9 Å². The van der Waals surface area contributed by atoms with E-state index in [9.17, 15) is 39.2 Å². The quantitative estimate of drug-likeness (QED) is 0.0176. The van der Waals surface area contributed by atoms with Crippen LogP contribution in [0.25, 0.3) is 0 Å². The first-order chi connectivity index (χ1) is 27.9. The van der Waals surface area contributed by atoms with E-state index < -0.39 is 70.6 Å². The lowest BCUT2D eigenvalue weighted by molar-refractivity contribution is -0.161. The number of carbonyl (C=O) groups excluding carboxylic acids is 3. The van der Waals surface area contributed by atoms with E-state index in [0.717, 1.165) is 83.5 Å². The third-order valence-electron chi connectivity index (χ3n) is 9.86. The summed E-state index contributed by atoms with van der Waals surface area (Å²) >= 11 is 0. The number of aliphatic hydroxyl groups is 4. The Morgan fingerprint density at radius 1 is 0.793 bits per heavy atom. The van der Waals surface area contributed by atoms with Crippen LogP contribution in [-0.2, 0) is 37.5 Å². The molecule has 0 bridgehead atoms. The van der Waals surface area contributed by atoms with Crippen LogP contribution in [0.4, 0.5) is 0 Å². The molecule has 0 aromatic heterocycles. The van der Waals surface area contributed by atoms with Crippen molar-refractivity contribution < 1.29 is 62.8 Å². The molecule has 1 rings (SSSR count). The smallest absolute Gasteiger partial charge is 0.462 e. The zero-order valence-electron chi connectivity index (χ0n) is 35.2. The number of phosphoric acid groups is 1. The van der Waals surface area contributed by atoms with Gasteiger partial charge in [-0.25, -0.2) is 4.57 Å². The number of esters is 2. The largest absolute Gasteiger partial charge is 0.472 e. The Labute approximate surface area is 347 Å². The monoisotopic (exact) mass is 842 g/mol. The van der Waals surface area contributed by atoms with Crippen molar-refractivity contribution in [2.45, 2.75) is 173 Å². The van der Waals surface area contributed by atoms with Gasteiger partial charge in [0.2, 0.25) is 0 Å². The van der Waals surface area contributed by atoms with E-state index in [0.29, 0.717) is 32.1 Å². The third kappa shape index (κ3) is 28.1. The summed E-state index contributed by atoms with van der Waals surface area (Å²) in [6.07, 6.45) is 28.4. The van der Waals surface area contributed by atoms with Gasteiger partial charge in [0, 0.05) is 31.1 Å². The topological polar surface area (TPSA) is 206 Å². The fraction of sp³-hybridized carbons (Fsp3) is 0.750. The highest BCUT2D eigenvalue weighted by Gasteiger charge is 2.39. The highest BCUT2D eigenvalue weighted by atomic mass is 31.2. The number of unbranched alkanes of at least 4 members (excludes halogenated alkanes) is 10. The molecule has 0 heterocycles. The molecule has 7 atom stereocenters. The van der Waals surface area contributed by atoms with E-state index >= 15 is 0 Å². The number of ether oxygens (including phenoxy) is 2. The molecule has 0 saturated heterocycles. The molecular weight excluding hydrogens is 767 g/mol. The van der Waals surface area contributed by atoms with E-state index in [2.05, 4.69) is 54.8 Å². The van der Waals surface area contributed by atoms with Crippen molar-refractivity contribution in [3.05, 3.63) is 48.6 Å². The van der Waals surface area contributed by atoms with Crippen LogP contribution in [0.3, 0.4) is 0 Å². The number of hydrogen-bond donors (Lipinski definition) is 5. The molecule has 5 N–H and O–H groups in total. The Balaban J connectivity index is 2.46. The van der Waals surface area contributed by atoms with Gasteiger partial charge >= 0.3 is 19.8 Å². The highest BCUT2D eigenvalue weighted by Crippen LogP contribution is 2.43. The van der Waals surface area contributed by atoms with E-state index in [1.165, 1.54) is 0 Å². The summed E-state index contributed by atoms with van der Waals surface area (Å²) in [5.41, 5.74) is 0. The Morgan fingerprint density at radius 3 is 2.10 bits per heavy atom. The first-order valence-corrected chi connectivity index (χ1v) is 23.2. The van der Waals surface area contributed by atoms with Gasteiger partial charge < -0.3 is 34.8 Å². The molecule has 1 unspecified atom stereocenters. The van der Waals surface area contributed by atoms with Crippen LogP contribution >= 0.6 is 7.82 Å². The average molecular weight is 843 g/mol. The van der Waals surface area contributed by atoms with Crippen molar-refractivity contribution in [3.8, 4) is 0 Å². The molecule has 0 spiro atoms. The van der Waals surface area contributed by atoms with Crippen LogP contribution in [-0.4, -0.2) is 93.9 Å². The fourth-order valence-electron chi connectivity index (χ4n) is 6.49. The molecule has 1 saturated carbocycles. The van der Waals surface area contributed by atoms with Crippen LogP contribution < -0.4 is 0 Å². The van der Waals surface area contributed by atoms with Crippen molar-refractivity contribution in [2.75, 3.05) is 26.4 Å². The van der Waals surface area contributed by atoms with E-state index in [4.69, 9.17) is 19.1 Å². The van der Waals surface area contributed by atoms with Gasteiger partial charge in [0.15, 0.2) is 6.10 Å². The van der Waals surface area contributed by atoms with Crippen molar-refractivity contribution >= 4 is 25.5 Å². The van der Waals surface area contributed by atoms with Crippen LogP contribution in [0.5, 0.6) is 0 Å². The maximum Gasteiger partial charge on any atom is 0.472 e. The number of aliphatic hydroxyl groups excluding tert-OH is 4.